The molecule has 2 rings (SSSR count). The molecule has 0 spiro atoms. The number of aryl methyl sites for hydroxylation is 1. The van der Waals surface area contributed by atoms with Gasteiger partial charge in [0.25, 0.3) is 0 Å². The second-order valence-corrected chi connectivity index (χ2v) is 5.40. The lowest BCUT2D eigenvalue weighted by molar-refractivity contribution is 0.258. The molecule has 1 aliphatic rings. The van der Waals surface area contributed by atoms with Crippen molar-refractivity contribution >= 4 is 23.0 Å². The summed E-state index contributed by atoms with van der Waals surface area (Å²) in [5, 5.41) is 0.751. The Hall–Kier alpha value is -0.930. The number of hydrogen-bond donors (Lipinski definition) is 1. The van der Waals surface area contributed by atoms with Gasteiger partial charge in [-0.25, -0.2) is 0 Å². The van der Waals surface area contributed by atoms with Gasteiger partial charge >= 0.3 is 0 Å². The van der Waals surface area contributed by atoms with Gasteiger partial charge in [0.1, 0.15) is 0 Å². The van der Waals surface area contributed by atoms with Crippen LogP contribution in [0.4, 0.5) is 11.4 Å². The number of rotatable bonds is 3. The van der Waals surface area contributed by atoms with E-state index in [1.807, 2.05) is 13.0 Å². The van der Waals surface area contributed by atoms with E-state index in [0.717, 1.165) is 48.1 Å². The summed E-state index contributed by atoms with van der Waals surface area (Å²) in [6.45, 7) is 9.79. The summed E-state index contributed by atoms with van der Waals surface area (Å²) in [7, 11) is 0. The molecule has 1 saturated heterocycles. The van der Waals surface area contributed by atoms with E-state index in [4.69, 9.17) is 17.3 Å². The Morgan fingerprint density at radius 3 is 2.50 bits per heavy atom. The van der Waals surface area contributed by atoms with Crippen LogP contribution >= 0.6 is 11.6 Å². The van der Waals surface area contributed by atoms with Crippen molar-refractivity contribution in [3.05, 3.63) is 22.7 Å². The number of nitrogens with zero attached hydrogens (tertiary/aromatic N) is 2. The first kappa shape index (κ1) is 13.5. The van der Waals surface area contributed by atoms with Crippen LogP contribution in [0, 0.1) is 6.92 Å². The van der Waals surface area contributed by atoms with E-state index in [2.05, 4.69) is 22.8 Å². The molecule has 0 aliphatic carbocycles. The summed E-state index contributed by atoms with van der Waals surface area (Å²) in [6, 6.07) is 3.97. The molecular weight excluding hydrogens is 246 g/mol. The Kier molecular flexibility index (Phi) is 4.36. The van der Waals surface area contributed by atoms with Crippen LogP contribution in [0.25, 0.3) is 0 Å². The second-order valence-electron chi connectivity index (χ2n) is 4.99. The molecule has 1 aromatic rings. The van der Waals surface area contributed by atoms with Crippen molar-refractivity contribution < 1.29 is 0 Å². The molecule has 0 radical (unpaired) electrons. The van der Waals surface area contributed by atoms with Crippen LogP contribution in [0.15, 0.2) is 12.1 Å². The molecule has 1 fully saturated rings. The lowest BCUT2D eigenvalue weighted by Crippen LogP contribution is -2.46. The van der Waals surface area contributed by atoms with Gasteiger partial charge in [-0.3, -0.25) is 4.90 Å². The summed E-state index contributed by atoms with van der Waals surface area (Å²) in [6.07, 6.45) is 1.22. The summed E-state index contributed by atoms with van der Waals surface area (Å²) in [5.41, 5.74) is 9.09. The van der Waals surface area contributed by atoms with Crippen LogP contribution in [0.3, 0.4) is 0 Å². The monoisotopic (exact) mass is 267 g/mol. The van der Waals surface area contributed by atoms with E-state index in [9.17, 15) is 0 Å². The molecule has 0 bridgehead atoms. The third kappa shape index (κ3) is 2.90. The second kappa shape index (κ2) is 5.81. The minimum atomic E-state index is 0.751. The molecule has 100 valence electrons. The number of halogens is 1. The molecular formula is C14H22ClN3. The molecule has 1 heterocycles. The Balaban J connectivity index is 2.07. The van der Waals surface area contributed by atoms with Gasteiger partial charge in [0.15, 0.2) is 0 Å². The number of hydrogen-bond acceptors (Lipinski definition) is 3. The molecule has 0 unspecified atom stereocenters. The average molecular weight is 268 g/mol. The molecule has 0 saturated carbocycles. The van der Waals surface area contributed by atoms with Gasteiger partial charge in [-0.2, -0.15) is 0 Å². The zero-order valence-corrected chi connectivity index (χ0v) is 12.0. The number of nitrogens with two attached hydrogens (primary N) is 1. The van der Waals surface area contributed by atoms with Gasteiger partial charge in [-0.1, -0.05) is 18.5 Å². The zero-order chi connectivity index (χ0) is 13.1. The van der Waals surface area contributed by atoms with Gasteiger partial charge in [-0.15, -0.1) is 0 Å². The standard InChI is InChI=1S/C14H22ClN3/c1-3-4-17-5-7-18(8-6-17)14-9-11(2)12(15)10-13(14)16/h9-10H,3-8,16H2,1-2H3. The van der Waals surface area contributed by atoms with Crippen molar-refractivity contribution in [2.75, 3.05) is 43.4 Å². The molecule has 1 aromatic carbocycles. The lowest BCUT2D eigenvalue weighted by Gasteiger charge is -2.36. The SMILES string of the molecule is CCCN1CCN(c2cc(C)c(Cl)cc2N)CC1. The Bertz CT molecular complexity index is 412. The number of benzene rings is 1. The Morgan fingerprint density at radius 2 is 1.89 bits per heavy atom. The number of anilines is 2. The normalized spacial score (nSPS) is 17.2. The minimum absolute atomic E-state index is 0.751. The highest BCUT2D eigenvalue weighted by Gasteiger charge is 2.18. The summed E-state index contributed by atoms with van der Waals surface area (Å²) >= 11 is 6.08. The third-order valence-corrected chi connectivity index (χ3v) is 3.97. The van der Waals surface area contributed by atoms with E-state index in [1.165, 1.54) is 13.0 Å². The van der Waals surface area contributed by atoms with Crippen molar-refractivity contribution in [3.8, 4) is 0 Å². The largest absolute Gasteiger partial charge is 0.397 e. The molecule has 4 heteroatoms. The van der Waals surface area contributed by atoms with Crippen molar-refractivity contribution in [2.24, 2.45) is 0 Å². The topological polar surface area (TPSA) is 32.5 Å². The van der Waals surface area contributed by atoms with Crippen molar-refractivity contribution in [3.63, 3.8) is 0 Å². The first-order chi connectivity index (χ1) is 8.61. The van der Waals surface area contributed by atoms with Crippen molar-refractivity contribution in [1.82, 2.24) is 4.90 Å². The van der Waals surface area contributed by atoms with E-state index in [0.29, 0.717) is 0 Å². The maximum absolute atomic E-state index is 6.08. The van der Waals surface area contributed by atoms with Crippen molar-refractivity contribution in [2.45, 2.75) is 20.3 Å². The Labute approximate surface area is 115 Å². The maximum atomic E-state index is 6.08. The minimum Gasteiger partial charge on any atom is -0.397 e. The summed E-state index contributed by atoms with van der Waals surface area (Å²) in [4.78, 5) is 4.88. The van der Waals surface area contributed by atoms with Crippen LogP contribution < -0.4 is 10.6 Å². The van der Waals surface area contributed by atoms with Gasteiger partial charge in [-0.05, 0) is 37.6 Å². The highest BCUT2D eigenvalue weighted by Crippen LogP contribution is 2.30. The average Bonchev–Trinajstić information content (AvgIpc) is 2.35. The highest BCUT2D eigenvalue weighted by atomic mass is 35.5. The highest BCUT2D eigenvalue weighted by molar-refractivity contribution is 6.31. The Morgan fingerprint density at radius 1 is 1.22 bits per heavy atom. The van der Waals surface area contributed by atoms with E-state index in [1.54, 1.807) is 0 Å². The fraction of sp³-hybridized carbons (Fsp3) is 0.571. The summed E-state index contributed by atoms with van der Waals surface area (Å²) in [5.74, 6) is 0. The maximum Gasteiger partial charge on any atom is 0.0604 e. The first-order valence-corrected chi connectivity index (χ1v) is 7.02. The first-order valence-electron chi connectivity index (χ1n) is 6.64. The van der Waals surface area contributed by atoms with E-state index < -0.39 is 0 Å². The summed E-state index contributed by atoms with van der Waals surface area (Å²) < 4.78 is 0. The fourth-order valence-electron chi connectivity index (χ4n) is 2.48. The number of nitrogen functional groups attached to an aromatic ring is 1. The molecule has 3 nitrogen and oxygen atoms in total. The predicted molar refractivity (Wildman–Crippen MR) is 79.5 cm³/mol. The molecule has 1 aliphatic heterocycles. The van der Waals surface area contributed by atoms with E-state index >= 15 is 0 Å². The molecule has 0 atom stereocenters. The smallest absolute Gasteiger partial charge is 0.0604 e. The van der Waals surface area contributed by atoms with E-state index in [-0.39, 0.29) is 0 Å². The number of piperazine rings is 1. The van der Waals surface area contributed by atoms with Crippen LogP contribution in [0.2, 0.25) is 5.02 Å². The van der Waals surface area contributed by atoms with Gasteiger partial charge in [0.2, 0.25) is 0 Å². The molecule has 0 amide bonds. The van der Waals surface area contributed by atoms with Crippen LogP contribution in [-0.2, 0) is 0 Å². The van der Waals surface area contributed by atoms with Crippen molar-refractivity contribution in [1.29, 1.82) is 0 Å². The zero-order valence-electron chi connectivity index (χ0n) is 11.2. The van der Waals surface area contributed by atoms with Gasteiger partial charge in [0, 0.05) is 31.2 Å². The van der Waals surface area contributed by atoms with Crippen LogP contribution in [-0.4, -0.2) is 37.6 Å². The van der Waals surface area contributed by atoms with Gasteiger partial charge < -0.3 is 10.6 Å². The van der Waals surface area contributed by atoms with Crippen LogP contribution in [0.5, 0.6) is 0 Å². The molecule has 18 heavy (non-hydrogen) atoms. The fourth-order valence-corrected chi connectivity index (χ4v) is 2.66. The molecule has 0 aromatic heterocycles. The quantitative estimate of drug-likeness (QED) is 0.855. The lowest BCUT2D eigenvalue weighted by atomic mass is 10.1. The predicted octanol–water partition coefficient (Wildman–Crippen LogP) is 2.76. The van der Waals surface area contributed by atoms with Gasteiger partial charge in [0.05, 0.1) is 11.4 Å². The molecule has 2 N–H and O–H groups in total. The third-order valence-electron chi connectivity index (χ3n) is 3.56. The van der Waals surface area contributed by atoms with Crippen LogP contribution in [0.1, 0.15) is 18.9 Å².